The Balaban J connectivity index is 1.44. The summed E-state index contributed by atoms with van der Waals surface area (Å²) in [5, 5.41) is 3.67. The van der Waals surface area contributed by atoms with Crippen LogP contribution in [-0.4, -0.2) is 29.3 Å². The van der Waals surface area contributed by atoms with Gasteiger partial charge in [0.25, 0.3) is 11.8 Å². The Morgan fingerprint density at radius 1 is 1.06 bits per heavy atom. The fourth-order valence-electron chi connectivity index (χ4n) is 2.86. The molecule has 0 radical (unpaired) electrons. The molecule has 0 unspecified atom stereocenters. The molecular formula is C21H16F2N4O3S2. The fraction of sp³-hybridized carbons (Fsp3) is 0.143. The topological polar surface area (TPSA) is 102 Å². The third-order valence-corrected chi connectivity index (χ3v) is 7.39. The lowest BCUT2D eigenvalue weighted by atomic mass is 10.2. The van der Waals surface area contributed by atoms with Crippen LogP contribution in [0.1, 0.15) is 28.0 Å². The first-order chi connectivity index (χ1) is 15.1. The van der Waals surface area contributed by atoms with Crippen molar-refractivity contribution >= 4 is 37.2 Å². The highest BCUT2D eigenvalue weighted by Crippen LogP contribution is 2.27. The average molecular weight is 475 g/mol. The second kappa shape index (κ2) is 8.32. The summed E-state index contributed by atoms with van der Waals surface area (Å²) in [7, 11) is -3.97. The van der Waals surface area contributed by atoms with Crippen LogP contribution in [0.15, 0.2) is 71.0 Å². The number of alkyl halides is 2. The average Bonchev–Trinajstić information content (AvgIpc) is 3.22. The van der Waals surface area contributed by atoms with E-state index in [9.17, 15) is 22.0 Å². The Bertz CT molecular complexity index is 1350. The van der Waals surface area contributed by atoms with Crippen LogP contribution < -0.4 is 5.32 Å². The van der Waals surface area contributed by atoms with Gasteiger partial charge in [-0.25, -0.2) is 8.42 Å². The number of amides is 1. The van der Waals surface area contributed by atoms with Crippen LogP contribution in [0.25, 0.3) is 10.1 Å². The maximum absolute atomic E-state index is 13.3. The van der Waals surface area contributed by atoms with Crippen molar-refractivity contribution in [1.29, 1.82) is 0 Å². The van der Waals surface area contributed by atoms with Gasteiger partial charge < -0.3 is 5.32 Å². The van der Waals surface area contributed by atoms with Gasteiger partial charge in [0.05, 0.1) is 31.6 Å². The largest absolute Gasteiger partial charge is 0.346 e. The van der Waals surface area contributed by atoms with Crippen molar-refractivity contribution < 1.29 is 22.0 Å². The number of hydrogen-bond acceptors (Lipinski definition) is 7. The maximum Gasteiger partial charge on any atom is 0.286 e. The third kappa shape index (κ3) is 4.48. The number of rotatable bonds is 6. The number of fused-ring (bicyclic) bond motifs is 1. The van der Waals surface area contributed by atoms with Gasteiger partial charge in [0.15, 0.2) is 0 Å². The highest BCUT2D eigenvalue weighted by molar-refractivity contribution is 7.91. The minimum atomic E-state index is -3.97. The third-order valence-electron chi connectivity index (χ3n) is 4.58. The highest BCUT2D eigenvalue weighted by atomic mass is 32.2. The molecule has 32 heavy (non-hydrogen) atoms. The van der Waals surface area contributed by atoms with Crippen molar-refractivity contribution in [3.05, 3.63) is 77.5 Å². The van der Waals surface area contributed by atoms with Crippen LogP contribution in [0.4, 0.5) is 8.78 Å². The van der Waals surface area contributed by atoms with Crippen molar-refractivity contribution in [2.75, 3.05) is 0 Å². The van der Waals surface area contributed by atoms with Gasteiger partial charge in [-0.1, -0.05) is 0 Å². The Morgan fingerprint density at radius 3 is 2.38 bits per heavy atom. The number of aromatic nitrogens is 3. The SMILES string of the molecule is CC(F)(F)c1ccc(S(=O)(=O)c2ccc(CNC(=O)c3cc4ccncc4s3)nc2)cn1. The van der Waals surface area contributed by atoms with Gasteiger partial charge in [-0.3, -0.25) is 19.7 Å². The minimum Gasteiger partial charge on any atom is -0.346 e. The first-order valence-corrected chi connectivity index (χ1v) is 11.6. The maximum atomic E-state index is 13.3. The quantitative estimate of drug-likeness (QED) is 0.454. The van der Waals surface area contributed by atoms with Crippen LogP contribution in [0.2, 0.25) is 0 Å². The number of carbonyl (C=O) groups is 1. The smallest absolute Gasteiger partial charge is 0.286 e. The van der Waals surface area contributed by atoms with E-state index < -0.39 is 21.5 Å². The number of halogens is 2. The van der Waals surface area contributed by atoms with Crippen LogP contribution in [-0.2, 0) is 22.3 Å². The monoisotopic (exact) mass is 474 g/mol. The number of carbonyl (C=O) groups excluding carboxylic acids is 1. The Labute approximate surface area is 186 Å². The molecule has 0 aromatic carbocycles. The Kier molecular flexibility index (Phi) is 5.70. The lowest BCUT2D eigenvalue weighted by molar-refractivity contribution is 0.0126. The molecule has 0 spiro atoms. The van der Waals surface area contributed by atoms with E-state index in [2.05, 4.69) is 20.3 Å². The molecule has 1 N–H and O–H groups in total. The summed E-state index contributed by atoms with van der Waals surface area (Å²) in [5.74, 6) is -3.44. The van der Waals surface area contributed by atoms with Gasteiger partial charge >= 0.3 is 0 Å². The van der Waals surface area contributed by atoms with Gasteiger partial charge in [-0.05, 0) is 41.8 Å². The second-order valence-electron chi connectivity index (χ2n) is 6.96. The number of hydrogen-bond donors (Lipinski definition) is 1. The van der Waals surface area contributed by atoms with Crippen molar-refractivity contribution in [2.24, 2.45) is 0 Å². The van der Waals surface area contributed by atoms with Crippen LogP contribution in [0.3, 0.4) is 0 Å². The minimum absolute atomic E-state index is 0.105. The van der Waals surface area contributed by atoms with Crippen LogP contribution >= 0.6 is 11.3 Å². The molecule has 0 saturated carbocycles. The van der Waals surface area contributed by atoms with Crippen LogP contribution in [0.5, 0.6) is 0 Å². The molecule has 164 valence electrons. The predicted octanol–water partition coefficient (Wildman–Crippen LogP) is 3.96. The lowest BCUT2D eigenvalue weighted by Gasteiger charge is -2.10. The number of pyridine rings is 3. The van der Waals surface area contributed by atoms with Crippen molar-refractivity contribution in [2.45, 2.75) is 29.2 Å². The summed E-state index contributed by atoms with van der Waals surface area (Å²) >= 11 is 1.32. The van der Waals surface area contributed by atoms with E-state index in [1.54, 1.807) is 18.5 Å². The van der Waals surface area contributed by atoms with E-state index in [0.717, 1.165) is 34.6 Å². The molecule has 4 aromatic heterocycles. The molecule has 0 aliphatic rings. The Hall–Kier alpha value is -3.31. The van der Waals surface area contributed by atoms with Gasteiger partial charge in [-0.2, -0.15) is 8.78 Å². The number of nitrogens with zero attached hydrogens (tertiary/aromatic N) is 3. The first-order valence-electron chi connectivity index (χ1n) is 9.31. The number of sulfone groups is 1. The zero-order valence-corrected chi connectivity index (χ0v) is 18.3. The van der Waals surface area contributed by atoms with E-state index in [0.29, 0.717) is 17.5 Å². The van der Waals surface area contributed by atoms with Gasteiger partial charge in [0.1, 0.15) is 5.69 Å². The lowest BCUT2D eigenvalue weighted by Crippen LogP contribution is -2.22. The summed E-state index contributed by atoms with van der Waals surface area (Å²) in [6.07, 6.45) is 5.40. The molecule has 0 bridgehead atoms. The highest BCUT2D eigenvalue weighted by Gasteiger charge is 2.27. The zero-order valence-electron chi connectivity index (χ0n) is 16.6. The summed E-state index contributed by atoms with van der Waals surface area (Å²) in [5.41, 5.74) is -0.0604. The molecular weight excluding hydrogens is 458 g/mol. The normalized spacial score (nSPS) is 12.1. The predicted molar refractivity (Wildman–Crippen MR) is 114 cm³/mol. The molecule has 0 aliphatic carbocycles. The molecule has 0 saturated heterocycles. The first kappa shape index (κ1) is 21.9. The molecule has 0 aliphatic heterocycles. The van der Waals surface area contributed by atoms with Crippen molar-refractivity contribution in [3.8, 4) is 0 Å². The van der Waals surface area contributed by atoms with Gasteiger partial charge in [-0.15, -0.1) is 11.3 Å². The number of thiophene rings is 1. The van der Waals surface area contributed by atoms with Gasteiger partial charge in [0.2, 0.25) is 9.84 Å². The van der Waals surface area contributed by atoms with Gasteiger partial charge in [0, 0.05) is 31.7 Å². The molecule has 4 heterocycles. The number of nitrogens with one attached hydrogen (secondary N) is 1. The van der Waals surface area contributed by atoms with Crippen molar-refractivity contribution in [1.82, 2.24) is 20.3 Å². The van der Waals surface area contributed by atoms with E-state index >= 15 is 0 Å². The van der Waals surface area contributed by atoms with E-state index in [1.807, 2.05) is 6.07 Å². The zero-order chi connectivity index (χ0) is 22.9. The molecule has 7 nitrogen and oxygen atoms in total. The second-order valence-corrected chi connectivity index (χ2v) is 10.00. The van der Waals surface area contributed by atoms with E-state index in [-0.39, 0.29) is 22.2 Å². The molecule has 11 heteroatoms. The van der Waals surface area contributed by atoms with Crippen LogP contribution in [0, 0.1) is 0 Å². The summed E-state index contributed by atoms with van der Waals surface area (Å²) in [6.45, 7) is 0.788. The summed E-state index contributed by atoms with van der Waals surface area (Å²) in [4.78, 5) is 24.3. The summed E-state index contributed by atoms with van der Waals surface area (Å²) < 4.78 is 52.9. The molecule has 1 amide bonds. The van der Waals surface area contributed by atoms with E-state index in [1.165, 1.54) is 23.5 Å². The Morgan fingerprint density at radius 2 is 1.78 bits per heavy atom. The fourth-order valence-corrected chi connectivity index (χ4v) is 4.96. The molecule has 4 aromatic rings. The van der Waals surface area contributed by atoms with Crippen molar-refractivity contribution in [3.63, 3.8) is 0 Å². The molecule has 0 fully saturated rings. The standard InChI is InChI=1S/C21H16F2N4O3S2/c1-21(22,23)19-5-4-16(11-26-19)32(29,30)15-3-2-14(25-10-15)9-27-20(28)17-8-13-6-7-24-12-18(13)31-17/h2-8,10-12H,9H2,1H3,(H,27,28). The summed E-state index contributed by atoms with van der Waals surface area (Å²) in [6, 6.07) is 8.48. The molecule has 0 atom stereocenters. The molecule has 4 rings (SSSR count). The van der Waals surface area contributed by atoms with E-state index in [4.69, 9.17) is 0 Å².